The predicted molar refractivity (Wildman–Crippen MR) is 95.3 cm³/mol. The molecule has 0 radical (unpaired) electrons. The molecule has 0 unspecified atom stereocenters. The standard InChI is InChI=1S/C15H7Br3ClN/c16-9-3-1-8(2-4-9)11-7-20-13-6-10(17)5-12(18)14(13)15(11)19/h1-7H. The summed E-state index contributed by atoms with van der Waals surface area (Å²) in [5, 5.41) is 1.63. The average Bonchev–Trinajstić information content (AvgIpc) is 2.39. The molecular weight excluding hydrogens is 469 g/mol. The summed E-state index contributed by atoms with van der Waals surface area (Å²) in [5.41, 5.74) is 2.83. The first-order valence-corrected chi connectivity index (χ1v) is 8.51. The molecule has 1 nitrogen and oxygen atoms in total. The van der Waals surface area contributed by atoms with Crippen LogP contribution < -0.4 is 0 Å². The molecular formula is C15H7Br3ClN. The van der Waals surface area contributed by atoms with Crippen LogP contribution in [0.2, 0.25) is 5.02 Å². The van der Waals surface area contributed by atoms with E-state index in [1.807, 2.05) is 42.6 Å². The van der Waals surface area contributed by atoms with E-state index in [0.717, 1.165) is 35.4 Å². The number of benzene rings is 2. The first-order chi connectivity index (χ1) is 9.56. The maximum Gasteiger partial charge on any atom is 0.0740 e. The van der Waals surface area contributed by atoms with Crippen LogP contribution in [0.3, 0.4) is 0 Å². The lowest BCUT2D eigenvalue weighted by Crippen LogP contribution is -1.87. The fourth-order valence-corrected chi connectivity index (χ4v) is 4.17. The predicted octanol–water partition coefficient (Wildman–Crippen LogP) is 6.84. The number of hydrogen-bond donors (Lipinski definition) is 0. The van der Waals surface area contributed by atoms with Gasteiger partial charge >= 0.3 is 0 Å². The molecule has 3 rings (SSSR count). The van der Waals surface area contributed by atoms with Crippen molar-refractivity contribution in [1.82, 2.24) is 4.98 Å². The summed E-state index contributed by atoms with van der Waals surface area (Å²) in [6, 6.07) is 12.0. The smallest absolute Gasteiger partial charge is 0.0740 e. The zero-order valence-corrected chi connectivity index (χ0v) is 15.5. The molecule has 20 heavy (non-hydrogen) atoms. The lowest BCUT2D eigenvalue weighted by atomic mass is 10.1. The number of pyridine rings is 1. The molecule has 1 heterocycles. The summed E-state index contributed by atoms with van der Waals surface area (Å²) >= 11 is 17.0. The zero-order valence-electron chi connectivity index (χ0n) is 10.0. The normalized spacial score (nSPS) is 11.0. The Labute approximate surface area is 146 Å². The molecule has 0 atom stereocenters. The zero-order chi connectivity index (χ0) is 14.3. The molecule has 2 aromatic carbocycles. The van der Waals surface area contributed by atoms with Gasteiger partial charge in [0.25, 0.3) is 0 Å². The van der Waals surface area contributed by atoms with E-state index in [4.69, 9.17) is 11.6 Å². The number of halogens is 4. The second kappa shape index (κ2) is 5.76. The van der Waals surface area contributed by atoms with Gasteiger partial charge in [-0.2, -0.15) is 0 Å². The molecule has 0 aliphatic rings. The van der Waals surface area contributed by atoms with Gasteiger partial charge in [0.15, 0.2) is 0 Å². The Morgan fingerprint density at radius 1 is 0.900 bits per heavy atom. The summed E-state index contributed by atoms with van der Waals surface area (Å²) in [6.07, 6.45) is 1.81. The minimum absolute atomic E-state index is 0.705. The van der Waals surface area contributed by atoms with Gasteiger partial charge in [0.05, 0.1) is 10.5 Å². The fraction of sp³-hybridized carbons (Fsp3) is 0. The summed E-state index contributed by atoms with van der Waals surface area (Å²) in [6.45, 7) is 0. The van der Waals surface area contributed by atoms with Gasteiger partial charge in [0, 0.05) is 30.6 Å². The Hall–Kier alpha value is -0.420. The molecule has 0 bridgehead atoms. The van der Waals surface area contributed by atoms with Crippen LogP contribution in [-0.4, -0.2) is 4.98 Å². The van der Waals surface area contributed by atoms with Crippen LogP contribution in [0.1, 0.15) is 0 Å². The Balaban J connectivity index is 2.28. The van der Waals surface area contributed by atoms with E-state index >= 15 is 0 Å². The molecule has 1 aromatic heterocycles. The molecule has 100 valence electrons. The highest BCUT2D eigenvalue weighted by Crippen LogP contribution is 2.38. The molecule has 5 heteroatoms. The van der Waals surface area contributed by atoms with Gasteiger partial charge in [-0.3, -0.25) is 4.98 Å². The molecule has 0 aliphatic carbocycles. The van der Waals surface area contributed by atoms with Crippen LogP contribution in [0.15, 0.2) is 56.0 Å². The van der Waals surface area contributed by atoms with E-state index < -0.39 is 0 Å². The molecule has 0 saturated carbocycles. The van der Waals surface area contributed by atoms with Crippen molar-refractivity contribution in [3.05, 3.63) is 61.0 Å². The highest BCUT2D eigenvalue weighted by molar-refractivity contribution is 9.11. The molecule has 0 aliphatic heterocycles. The maximum absolute atomic E-state index is 6.58. The van der Waals surface area contributed by atoms with Gasteiger partial charge in [-0.05, 0) is 29.8 Å². The van der Waals surface area contributed by atoms with Crippen molar-refractivity contribution >= 4 is 70.3 Å². The Bertz CT molecular complexity index is 800. The molecule has 0 spiro atoms. The Morgan fingerprint density at radius 2 is 1.60 bits per heavy atom. The number of fused-ring (bicyclic) bond motifs is 1. The fourth-order valence-electron chi connectivity index (χ4n) is 2.04. The topological polar surface area (TPSA) is 12.9 Å². The van der Waals surface area contributed by atoms with Crippen molar-refractivity contribution in [1.29, 1.82) is 0 Å². The van der Waals surface area contributed by atoms with Crippen molar-refractivity contribution in [3.63, 3.8) is 0 Å². The van der Waals surface area contributed by atoms with Gasteiger partial charge in [-0.1, -0.05) is 71.5 Å². The van der Waals surface area contributed by atoms with Gasteiger partial charge in [-0.25, -0.2) is 0 Å². The van der Waals surface area contributed by atoms with Gasteiger partial charge < -0.3 is 0 Å². The Morgan fingerprint density at radius 3 is 2.30 bits per heavy atom. The third kappa shape index (κ3) is 2.67. The third-order valence-corrected chi connectivity index (χ3v) is 4.98. The van der Waals surface area contributed by atoms with E-state index in [1.54, 1.807) is 0 Å². The van der Waals surface area contributed by atoms with E-state index in [0.29, 0.717) is 5.02 Å². The van der Waals surface area contributed by atoms with E-state index in [1.165, 1.54) is 0 Å². The number of aromatic nitrogens is 1. The van der Waals surface area contributed by atoms with Crippen molar-refractivity contribution in [2.45, 2.75) is 0 Å². The van der Waals surface area contributed by atoms with Crippen LogP contribution in [0, 0.1) is 0 Å². The van der Waals surface area contributed by atoms with Crippen molar-refractivity contribution < 1.29 is 0 Å². The molecule has 0 N–H and O–H groups in total. The molecule has 0 fully saturated rings. The van der Waals surface area contributed by atoms with Gasteiger partial charge in [0.1, 0.15) is 0 Å². The SMILES string of the molecule is Clc1c(-c2ccc(Br)cc2)cnc2cc(Br)cc(Br)c12. The quantitative estimate of drug-likeness (QED) is 0.375. The van der Waals surface area contributed by atoms with E-state index in [-0.39, 0.29) is 0 Å². The van der Waals surface area contributed by atoms with Crippen LogP contribution in [0.25, 0.3) is 22.0 Å². The molecule has 0 saturated heterocycles. The third-order valence-electron chi connectivity index (χ3n) is 2.98. The van der Waals surface area contributed by atoms with Gasteiger partial charge in [-0.15, -0.1) is 0 Å². The van der Waals surface area contributed by atoms with Crippen LogP contribution >= 0.6 is 59.4 Å². The van der Waals surface area contributed by atoms with Crippen LogP contribution in [0.4, 0.5) is 0 Å². The lowest BCUT2D eigenvalue weighted by Gasteiger charge is -2.09. The minimum Gasteiger partial charge on any atom is -0.255 e. The van der Waals surface area contributed by atoms with Crippen molar-refractivity contribution in [2.24, 2.45) is 0 Å². The summed E-state index contributed by atoms with van der Waals surface area (Å²) in [4.78, 5) is 4.51. The van der Waals surface area contributed by atoms with Crippen molar-refractivity contribution in [3.8, 4) is 11.1 Å². The average molecular weight is 476 g/mol. The second-order valence-electron chi connectivity index (χ2n) is 4.27. The first-order valence-electron chi connectivity index (χ1n) is 5.75. The van der Waals surface area contributed by atoms with E-state index in [2.05, 4.69) is 52.8 Å². The molecule has 0 amide bonds. The number of hydrogen-bond acceptors (Lipinski definition) is 1. The number of nitrogens with zero attached hydrogens (tertiary/aromatic N) is 1. The van der Waals surface area contributed by atoms with Gasteiger partial charge in [0.2, 0.25) is 0 Å². The molecule has 3 aromatic rings. The summed E-state index contributed by atoms with van der Waals surface area (Å²) < 4.78 is 2.94. The number of rotatable bonds is 1. The minimum atomic E-state index is 0.705. The van der Waals surface area contributed by atoms with Crippen molar-refractivity contribution in [2.75, 3.05) is 0 Å². The lowest BCUT2D eigenvalue weighted by molar-refractivity contribution is 1.40. The highest BCUT2D eigenvalue weighted by atomic mass is 79.9. The summed E-state index contributed by atoms with van der Waals surface area (Å²) in [5.74, 6) is 0. The second-order valence-corrected chi connectivity index (χ2v) is 7.34. The van der Waals surface area contributed by atoms with E-state index in [9.17, 15) is 0 Å². The van der Waals surface area contributed by atoms with Crippen LogP contribution in [0.5, 0.6) is 0 Å². The monoisotopic (exact) mass is 473 g/mol. The summed E-state index contributed by atoms with van der Waals surface area (Å²) in [7, 11) is 0. The first kappa shape index (κ1) is 14.5. The Kier molecular flexibility index (Phi) is 4.18. The largest absolute Gasteiger partial charge is 0.255 e. The maximum atomic E-state index is 6.58. The van der Waals surface area contributed by atoms with Crippen LogP contribution in [-0.2, 0) is 0 Å². The highest BCUT2D eigenvalue weighted by Gasteiger charge is 2.12.